The molecule has 2 saturated carbocycles. The first-order valence-electron chi connectivity index (χ1n) is 23.3. The Morgan fingerprint density at radius 1 is 0.400 bits per heavy atom. The molecule has 0 spiro atoms. The molecule has 7 aromatic carbocycles. The highest BCUT2D eigenvalue weighted by Gasteiger charge is 2.77. The standard InChI is InChI=1S/C56H54O14/c1-51(2)53(5)21-23-55(51,69-47(53)57)49(59)67-35-19-17-33(61-7)31-25-37(63-9)27-13-15-29-43(41(27)39(31)35)44-30(46(66-12)45(29)65-11)16-14-28-38(64-10)26-32-34(62-8)18-20-36(40(32)42(28)44)68-50(60)56-24-22-54(6,48(58)70-56)52(56,3)4/h13-20,25-26H,21-24H2,1-12H3/t53-,54-,55+,56+/m0/s1. The Morgan fingerprint density at radius 2 is 0.729 bits per heavy atom. The summed E-state index contributed by atoms with van der Waals surface area (Å²) in [6, 6.07) is 18.2. The van der Waals surface area contributed by atoms with Crippen LogP contribution in [-0.4, -0.2) is 77.7 Å². The summed E-state index contributed by atoms with van der Waals surface area (Å²) in [5, 5.41) is 7.01. The third kappa shape index (κ3) is 5.18. The highest BCUT2D eigenvalue weighted by Crippen LogP contribution is 2.67. The van der Waals surface area contributed by atoms with Gasteiger partial charge in [0.15, 0.2) is 11.5 Å². The number of carbonyl (C=O) groups excluding carboxylic acids is 4. The summed E-state index contributed by atoms with van der Waals surface area (Å²) < 4.78 is 62.2. The van der Waals surface area contributed by atoms with Gasteiger partial charge in [-0.25, -0.2) is 9.59 Å². The van der Waals surface area contributed by atoms with E-state index in [-0.39, 0.29) is 11.5 Å². The Kier molecular flexibility index (Phi) is 9.47. The number of benzene rings is 7. The largest absolute Gasteiger partial charge is 0.496 e. The molecule has 4 fully saturated rings. The molecule has 11 rings (SSSR count). The predicted molar refractivity (Wildman–Crippen MR) is 262 cm³/mol. The van der Waals surface area contributed by atoms with E-state index in [1.165, 1.54) is 0 Å². The molecular weight excluding hydrogens is 897 g/mol. The zero-order chi connectivity index (χ0) is 49.8. The van der Waals surface area contributed by atoms with Crippen molar-refractivity contribution in [3.63, 3.8) is 0 Å². The summed E-state index contributed by atoms with van der Waals surface area (Å²) in [4.78, 5) is 56.7. The lowest BCUT2D eigenvalue weighted by molar-refractivity contribution is -0.176. The number of hydrogen-bond acceptors (Lipinski definition) is 14. The van der Waals surface area contributed by atoms with Crippen LogP contribution in [0.25, 0.3) is 64.6 Å². The number of rotatable bonds is 10. The van der Waals surface area contributed by atoms with Crippen molar-refractivity contribution in [2.45, 2.75) is 78.4 Å². The molecule has 2 aliphatic carbocycles. The van der Waals surface area contributed by atoms with Gasteiger partial charge in [0.05, 0.1) is 53.5 Å². The number of fused-ring (bicyclic) bond motifs is 15. The van der Waals surface area contributed by atoms with Crippen LogP contribution in [0.15, 0.2) is 60.7 Å². The first kappa shape index (κ1) is 45.2. The molecule has 0 amide bonds. The van der Waals surface area contributed by atoms with Crippen molar-refractivity contribution in [1.82, 2.24) is 0 Å². The normalized spacial score (nSPS) is 24.9. The van der Waals surface area contributed by atoms with Gasteiger partial charge in [-0.3, -0.25) is 9.59 Å². The van der Waals surface area contributed by atoms with Crippen LogP contribution in [0.4, 0.5) is 0 Å². The molecule has 2 saturated heterocycles. The lowest BCUT2D eigenvalue weighted by Crippen LogP contribution is -2.50. The maximum Gasteiger partial charge on any atom is 0.356 e. The molecule has 4 aliphatic rings. The fourth-order valence-corrected chi connectivity index (χ4v) is 12.7. The van der Waals surface area contributed by atoms with Crippen molar-refractivity contribution in [3.05, 3.63) is 60.7 Å². The Morgan fingerprint density at radius 3 is 1.03 bits per heavy atom. The fourth-order valence-electron chi connectivity index (χ4n) is 12.7. The highest BCUT2D eigenvalue weighted by atomic mass is 16.6. The van der Waals surface area contributed by atoms with Crippen LogP contribution in [0.1, 0.15) is 67.2 Å². The van der Waals surface area contributed by atoms with Crippen molar-refractivity contribution in [2.75, 3.05) is 42.7 Å². The van der Waals surface area contributed by atoms with Crippen LogP contribution >= 0.6 is 0 Å². The molecule has 0 radical (unpaired) electrons. The summed E-state index contributed by atoms with van der Waals surface area (Å²) in [6.07, 6.45) is 1.52. The van der Waals surface area contributed by atoms with E-state index in [0.29, 0.717) is 125 Å². The van der Waals surface area contributed by atoms with Gasteiger partial charge in [-0.2, -0.15) is 0 Å². The van der Waals surface area contributed by atoms with E-state index in [1.54, 1.807) is 66.9 Å². The van der Waals surface area contributed by atoms with Crippen LogP contribution in [0, 0.1) is 21.7 Å². The molecule has 362 valence electrons. The Balaban J connectivity index is 1.31. The van der Waals surface area contributed by atoms with E-state index < -0.39 is 56.7 Å². The second-order valence-electron chi connectivity index (χ2n) is 20.5. The van der Waals surface area contributed by atoms with Crippen molar-refractivity contribution in [1.29, 1.82) is 0 Å². The average Bonchev–Trinajstić information content (AvgIpc) is 3.82. The summed E-state index contributed by atoms with van der Waals surface area (Å²) in [6.45, 7) is 11.2. The van der Waals surface area contributed by atoms with Crippen molar-refractivity contribution in [3.8, 4) is 46.0 Å². The summed E-state index contributed by atoms with van der Waals surface area (Å²) in [5.41, 5.74) is -6.62. The SMILES string of the molecule is COc1ccc(OC(=O)[C@@]23CC[C@@](C)(C(=O)O2)C3(C)C)c2c1cc(OC)c1ccc3c(OC)c(OC)c4ccc5c(OC)cc6c(OC)ccc(OC(=O)[C@@]78CC[C@@](C)(C(=O)O7)C8(C)C)c6c5c4c3c12. The van der Waals surface area contributed by atoms with Crippen LogP contribution in [-0.2, 0) is 28.7 Å². The molecular formula is C56H54O14. The Labute approximate surface area is 403 Å². The number of esters is 4. The molecule has 4 atom stereocenters. The predicted octanol–water partition coefficient (Wildman–Crippen LogP) is 10.7. The van der Waals surface area contributed by atoms with E-state index in [9.17, 15) is 19.2 Å². The van der Waals surface area contributed by atoms with Gasteiger partial charge in [0.1, 0.15) is 34.5 Å². The van der Waals surface area contributed by atoms with Gasteiger partial charge >= 0.3 is 23.9 Å². The Bertz CT molecular complexity index is 3320. The lowest BCUT2D eigenvalue weighted by atomic mass is 9.66. The molecule has 2 heterocycles. The minimum atomic E-state index is -1.54. The molecule has 4 bridgehead atoms. The molecule has 70 heavy (non-hydrogen) atoms. The van der Waals surface area contributed by atoms with Gasteiger partial charge in [0.25, 0.3) is 0 Å². The summed E-state index contributed by atoms with van der Waals surface area (Å²) in [5.74, 6) is 0.849. The molecule has 0 aromatic heterocycles. The monoisotopic (exact) mass is 950 g/mol. The first-order valence-corrected chi connectivity index (χ1v) is 23.3. The number of ether oxygens (including phenoxy) is 10. The maximum absolute atomic E-state index is 14.9. The molecule has 7 aromatic rings. The van der Waals surface area contributed by atoms with Gasteiger partial charge in [-0.15, -0.1) is 0 Å². The highest BCUT2D eigenvalue weighted by molar-refractivity contribution is 6.39. The van der Waals surface area contributed by atoms with E-state index in [1.807, 2.05) is 77.9 Å². The van der Waals surface area contributed by atoms with Crippen molar-refractivity contribution >= 4 is 88.5 Å². The van der Waals surface area contributed by atoms with E-state index in [0.717, 1.165) is 0 Å². The zero-order valence-electron chi connectivity index (χ0n) is 41.3. The summed E-state index contributed by atoms with van der Waals surface area (Å²) >= 11 is 0. The molecule has 14 heteroatoms. The molecule has 14 nitrogen and oxygen atoms in total. The minimum Gasteiger partial charge on any atom is -0.496 e. The van der Waals surface area contributed by atoms with E-state index >= 15 is 0 Å². The van der Waals surface area contributed by atoms with Gasteiger partial charge in [0, 0.05) is 75.5 Å². The molecule has 0 N–H and O–H groups in total. The van der Waals surface area contributed by atoms with Crippen molar-refractivity contribution in [2.24, 2.45) is 21.7 Å². The van der Waals surface area contributed by atoms with E-state index in [2.05, 4.69) is 0 Å². The number of methoxy groups -OCH3 is 6. The number of hydrogen-bond donors (Lipinski definition) is 0. The topological polar surface area (TPSA) is 161 Å². The Hall–Kier alpha value is -7.22. The van der Waals surface area contributed by atoms with Crippen LogP contribution in [0.2, 0.25) is 0 Å². The maximum atomic E-state index is 14.9. The van der Waals surface area contributed by atoms with Gasteiger partial charge in [0.2, 0.25) is 11.2 Å². The van der Waals surface area contributed by atoms with Crippen LogP contribution in [0.3, 0.4) is 0 Å². The number of carbonyl (C=O) groups is 4. The summed E-state index contributed by atoms with van der Waals surface area (Å²) in [7, 11) is 9.42. The molecule has 2 aliphatic heterocycles. The molecule has 0 unspecified atom stereocenters. The van der Waals surface area contributed by atoms with Gasteiger partial charge in [-0.1, -0.05) is 27.7 Å². The van der Waals surface area contributed by atoms with Gasteiger partial charge < -0.3 is 47.4 Å². The average molecular weight is 951 g/mol. The van der Waals surface area contributed by atoms with Crippen molar-refractivity contribution < 1.29 is 66.5 Å². The van der Waals surface area contributed by atoms with Crippen LogP contribution in [0.5, 0.6) is 46.0 Å². The van der Waals surface area contributed by atoms with E-state index in [4.69, 9.17) is 47.4 Å². The fraction of sp³-hybridized carbons (Fsp3) is 0.393. The second-order valence-corrected chi connectivity index (χ2v) is 20.5. The first-order chi connectivity index (χ1) is 33.3. The lowest BCUT2D eigenvalue weighted by Gasteiger charge is -2.34. The third-order valence-corrected chi connectivity index (χ3v) is 17.8. The third-order valence-electron chi connectivity index (χ3n) is 17.8. The minimum absolute atomic E-state index is 0.182. The smallest absolute Gasteiger partial charge is 0.356 e. The van der Waals surface area contributed by atoms with Gasteiger partial charge in [-0.05, 0) is 100 Å². The van der Waals surface area contributed by atoms with Crippen LogP contribution < -0.4 is 37.9 Å². The second kappa shape index (κ2) is 14.7. The zero-order valence-corrected chi connectivity index (χ0v) is 41.3. The quantitative estimate of drug-likeness (QED) is 0.0723.